The highest BCUT2D eigenvalue weighted by atomic mass is 32.1. The zero-order valence-corrected chi connectivity index (χ0v) is 11.4. The summed E-state index contributed by atoms with van der Waals surface area (Å²) in [7, 11) is 0. The van der Waals surface area contributed by atoms with Gasteiger partial charge in [0, 0.05) is 18.8 Å². The van der Waals surface area contributed by atoms with E-state index in [1.807, 2.05) is 19.1 Å². The van der Waals surface area contributed by atoms with Crippen molar-refractivity contribution in [1.29, 1.82) is 0 Å². The van der Waals surface area contributed by atoms with Gasteiger partial charge >= 0.3 is 0 Å². The monoisotopic (exact) mass is 265 g/mol. The molecule has 1 aromatic rings. The summed E-state index contributed by atoms with van der Waals surface area (Å²) in [6.07, 6.45) is 2.33. The highest BCUT2D eigenvalue weighted by Gasteiger charge is 2.15. The number of ether oxygens (including phenoxy) is 1. The minimum Gasteiger partial charge on any atom is -0.389 e. The third-order valence-corrected chi connectivity index (χ3v) is 3.33. The number of nitrogens with two attached hydrogens (primary N) is 1. The number of anilines is 1. The molecular formula is C13H19N3OS. The van der Waals surface area contributed by atoms with Crippen LogP contribution in [0.25, 0.3) is 0 Å². The van der Waals surface area contributed by atoms with Gasteiger partial charge < -0.3 is 15.8 Å². The first-order valence-corrected chi connectivity index (χ1v) is 6.66. The molecule has 2 heterocycles. The van der Waals surface area contributed by atoms with Crippen LogP contribution >= 0.6 is 12.2 Å². The van der Waals surface area contributed by atoms with Crippen molar-refractivity contribution < 1.29 is 4.74 Å². The third-order valence-electron chi connectivity index (χ3n) is 3.11. The lowest BCUT2D eigenvalue weighted by atomic mass is 10.0. The molecule has 0 spiro atoms. The molecule has 98 valence electrons. The van der Waals surface area contributed by atoms with Gasteiger partial charge in [0.15, 0.2) is 0 Å². The summed E-state index contributed by atoms with van der Waals surface area (Å²) < 4.78 is 5.46. The molecule has 0 saturated carbocycles. The summed E-state index contributed by atoms with van der Waals surface area (Å²) in [6, 6.07) is 3.84. The Morgan fingerprint density at radius 2 is 2.44 bits per heavy atom. The number of rotatable bonds is 4. The number of aryl methyl sites for hydroxylation is 1. The van der Waals surface area contributed by atoms with Gasteiger partial charge in [-0.3, -0.25) is 0 Å². The molecule has 0 aromatic carbocycles. The molecule has 18 heavy (non-hydrogen) atoms. The zero-order chi connectivity index (χ0) is 13.0. The highest BCUT2D eigenvalue weighted by molar-refractivity contribution is 7.80. The summed E-state index contributed by atoms with van der Waals surface area (Å²) in [4.78, 5) is 4.84. The second-order valence-corrected chi connectivity index (χ2v) is 5.12. The molecule has 1 aromatic heterocycles. The van der Waals surface area contributed by atoms with Crippen LogP contribution in [0.4, 0.5) is 5.82 Å². The van der Waals surface area contributed by atoms with E-state index in [4.69, 9.17) is 22.7 Å². The average molecular weight is 265 g/mol. The van der Waals surface area contributed by atoms with Crippen LogP contribution in [0.5, 0.6) is 0 Å². The molecule has 3 N–H and O–H groups in total. The van der Waals surface area contributed by atoms with Gasteiger partial charge in [0.05, 0.1) is 12.2 Å². The fourth-order valence-corrected chi connectivity index (χ4v) is 2.26. The lowest BCUT2D eigenvalue weighted by Crippen LogP contribution is -2.25. The summed E-state index contributed by atoms with van der Waals surface area (Å²) in [5, 5.41) is 3.35. The Morgan fingerprint density at radius 1 is 1.61 bits per heavy atom. The molecule has 0 bridgehead atoms. The van der Waals surface area contributed by atoms with Gasteiger partial charge in [0.1, 0.15) is 10.8 Å². The van der Waals surface area contributed by atoms with E-state index in [1.54, 1.807) is 0 Å². The van der Waals surface area contributed by atoms with Crippen molar-refractivity contribution in [3.8, 4) is 0 Å². The zero-order valence-electron chi connectivity index (χ0n) is 10.6. The third kappa shape index (κ3) is 3.40. The Bertz CT molecular complexity index is 430. The standard InChI is InChI=1S/C13H19N3OS/c1-9-4-5-11(12(14)18)13(16-9)15-7-10-3-2-6-17-8-10/h4-5,10H,2-3,6-8H2,1H3,(H2,14,18)(H,15,16). The number of hydrogen-bond donors (Lipinski definition) is 2. The van der Waals surface area contributed by atoms with E-state index >= 15 is 0 Å². The summed E-state index contributed by atoms with van der Waals surface area (Å²) in [5.74, 6) is 1.33. The van der Waals surface area contributed by atoms with Crippen LogP contribution in [0.1, 0.15) is 24.1 Å². The maximum absolute atomic E-state index is 5.70. The van der Waals surface area contributed by atoms with Crippen LogP contribution in [0.2, 0.25) is 0 Å². The Labute approximate surface area is 113 Å². The molecule has 0 radical (unpaired) electrons. The number of aromatic nitrogens is 1. The Kier molecular flexibility index (Phi) is 4.49. The molecule has 1 fully saturated rings. The number of pyridine rings is 1. The van der Waals surface area contributed by atoms with Crippen molar-refractivity contribution in [2.75, 3.05) is 25.1 Å². The summed E-state index contributed by atoms with van der Waals surface area (Å²) in [5.41, 5.74) is 7.47. The van der Waals surface area contributed by atoms with Crippen molar-refractivity contribution >= 4 is 23.0 Å². The lowest BCUT2D eigenvalue weighted by molar-refractivity contribution is 0.0595. The molecule has 1 unspecified atom stereocenters. The van der Waals surface area contributed by atoms with Crippen LogP contribution in [0.3, 0.4) is 0 Å². The normalized spacial score (nSPS) is 19.5. The van der Waals surface area contributed by atoms with Crippen LogP contribution in [-0.2, 0) is 4.74 Å². The van der Waals surface area contributed by atoms with Gasteiger partial charge in [-0.25, -0.2) is 4.98 Å². The van der Waals surface area contributed by atoms with Gasteiger partial charge in [-0.15, -0.1) is 0 Å². The largest absolute Gasteiger partial charge is 0.389 e. The Hall–Kier alpha value is -1.20. The Morgan fingerprint density at radius 3 is 3.11 bits per heavy atom. The number of nitrogens with zero attached hydrogens (tertiary/aromatic N) is 1. The van der Waals surface area contributed by atoms with Gasteiger partial charge in [-0.05, 0) is 37.8 Å². The highest BCUT2D eigenvalue weighted by Crippen LogP contribution is 2.17. The van der Waals surface area contributed by atoms with Crippen LogP contribution in [0.15, 0.2) is 12.1 Å². The van der Waals surface area contributed by atoms with Crippen molar-refractivity contribution in [2.24, 2.45) is 11.7 Å². The molecule has 1 aliphatic rings. The minimum atomic E-state index is 0.380. The SMILES string of the molecule is Cc1ccc(C(N)=S)c(NCC2CCCOC2)n1. The quantitative estimate of drug-likeness (QED) is 0.814. The van der Waals surface area contributed by atoms with Crippen LogP contribution in [0, 0.1) is 12.8 Å². The molecule has 4 nitrogen and oxygen atoms in total. The van der Waals surface area contributed by atoms with Crippen molar-refractivity contribution in [3.63, 3.8) is 0 Å². The van der Waals surface area contributed by atoms with Gasteiger partial charge in [-0.2, -0.15) is 0 Å². The maximum Gasteiger partial charge on any atom is 0.136 e. The summed E-state index contributed by atoms with van der Waals surface area (Å²) in [6.45, 7) is 4.52. The fourth-order valence-electron chi connectivity index (χ4n) is 2.10. The predicted octanol–water partition coefficient (Wildman–Crippen LogP) is 1.86. The van der Waals surface area contributed by atoms with Crippen LogP contribution in [-0.4, -0.2) is 29.7 Å². The van der Waals surface area contributed by atoms with Crippen LogP contribution < -0.4 is 11.1 Å². The first-order valence-electron chi connectivity index (χ1n) is 6.26. The lowest BCUT2D eigenvalue weighted by Gasteiger charge is -2.23. The van der Waals surface area contributed by atoms with E-state index in [0.29, 0.717) is 10.9 Å². The van der Waals surface area contributed by atoms with E-state index in [1.165, 1.54) is 6.42 Å². The van der Waals surface area contributed by atoms with E-state index in [2.05, 4.69) is 10.3 Å². The second kappa shape index (κ2) is 6.11. The van der Waals surface area contributed by atoms with Crippen molar-refractivity contribution in [1.82, 2.24) is 4.98 Å². The first kappa shape index (κ1) is 13.2. The molecule has 1 saturated heterocycles. The fraction of sp³-hybridized carbons (Fsp3) is 0.538. The van der Waals surface area contributed by atoms with E-state index in [9.17, 15) is 0 Å². The minimum absolute atomic E-state index is 0.380. The molecule has 1 atom stereocenters. The molecule has 0 aliphatic carbocycles. The van der Waals surface area contributed by atoms with E-state index < -0.39 is 0 Å². The average Bonchev–Trinajstić information content (AvgIpc) is 2.37. The number of thiocarbonyl (C=S) groups is 1. The van der Waals surface area contributed by atoms with E-state index in [-0.39, 0.29) is 0 Å². The second-order valence-electron chi connectivity index (χ2n) is 4.68. The van der Waals surface area contributed by atoms with Gasteiger partial charge in [-0.1, -0.05) is 12.2 Å². The number of hydrogen-bond acceptors (Lipinski definition) is 4. The smallest absolute Gasteiger partial charge is 0.136 e. The molecule has 2 rings (SSSR count). The molecular weight excluding hydrogens is 246 g/mol. The molecule has 1 aliphatic heterocycles. The van der Waals surface area contributed by atoms with Gasteiger partial charge in [0.2, 0.25) is 0 Å². The maximum atomic E-state index is 5.70. The predicted molar refractivity (Wildman–Crippen MR) is 76.9 cm³/mol. The van der Waals surface area contributed by atoms with Crippen molar-refractivity contribution in [3.05, 3.63) is 23.4 Å². The first-order chi connectivity index (χ1) is 8.66. The molecule has 5 heteroatoms. The van der Waals surface area contributed by atoms with Crippen molar-refractivity contribution in [2.45, 2.75) is 19.8 Å². The van der Waals surface area contributed by atoms with Gasteiger partial charge in [0.25, 0.3) is 0 Å². The summed E-state index contributed by atoms with van der Waals surface area (Å²) >= 11 is 5.04. The van der Waals surface area contributed by atoms with E-state index in [0.717, 1.165) is 43.3 Å². The Balaban J connectivity index is 2.03. The number of nitrogens with one attached hydrogen (secondary N) is 1. The topological polar surface area (TPSA) is 60.2 Å². The molecule has 0 amide bonds.